The van der Waals surface area contributed by atoms with Crippen LogP contribution in [0.25, 0.3) is 0 Å². The van der Waals surface area contributed by atoms with Crippen LogP contribution in [0.4, 0.5) is 0 Å². The Bertz CT molecular complexity index is 704. The van der Waals surface area contributed by atoms with E-state index in [2.05, 4.69) is 4.74 Å². The Morgan fingerprint density at radius 1 is 1.11 bits per heavy atom. The lowest BCUT2D eigenvalue weighted by Gasteiger charge is -2.33. The van der Waals surface area contributed by atoms with Crippen LogP contribution >= 0.6 is 0 Å². The van der Waals surface area contributed by atoms with E-state index in [1.54, 1.807) is 24.3 Å². The highest BCUT2D eigenvalue weighted by molar-refractivity contribution is 6.35. The molecule has 146 valence electrons. The van der Waals surface area contributed by atoms with E-state index in [0.717, 1.165) is 0 Å². The average Bonchev–Trinajstić information content (AvgIpc) is 2.67. The van der Waals surface area contributed by atoms with Gasteiger partial charge in [-0.3, -0.25) is 19.8 Å². The van der Waals surface area contributed by atoms with Crippen molar-refractivity contribution in [1.29, 1.82) is 5.41 Å². The molecule has 1 saturated heterocycles. The highest BCUT2D eigenvalue weighted by Crippen LogP contribution is 2.13. The van der Waals surface area contributed by atoms with Crippen LogP contribution in [0.2, 0.25) is 0 Å². The number of nitrogens with zero attached hydrogens (tertiary/aromatic N) is 2. The van der Waals surface area contributed by atoms with Crippen molar-refractivity contribution in [3.05, 3.63) is 29.8 Å². The van der Waals surface area contributed by atoms with Crippen molar-refractivity contribution in [3.8, 4) is 5.75 Å². The maximum Gasteiger partial charge on any atom is 0.312 e. The number of esters is 1. The fourth-order valence-corrected chi connectivity index (χ4v) is 2.65. The Morgan fingerprint density at radius 3 is 2.26 bits per heavy atom. The lowest BCUT2D eigenvalue weighted by atomic mass is 10.2. The number of hydrogen-bond donors (Lipinski definition) is 2. The van der Waals surface area contributed by atoms with E-state index in [9.17, 15) is 14.4 Å². The van der Waals surface area contributed by atoms with Gasteiger partial charge in [-0.25, -0.2) is 0 Å². The number of ether oxygens (including phenoxy) is 2. The zero-order chi connectivity index (χ0) is 19.8. The molecule has 0 unspecified atom stereocenters. The predicted octanol–water partition coefficient (Wildman–Crippen LogP) is -0.0265. The van der Waals surface area contributed by atoms with E-state index in [1.807, 2.05) is 0 Å². The van der Waals surface area contributed by atoms with E-state index < -0.39 is 17.8 Å². The van der Waals surface area contributed by atoms with Crippen molar-refractivity contribution >= 4 is 23.6 Å². The summed E-state index contributed by atoms with van der Waals surface area (Å²) in [5.74, 6) is -0.917. The summed E-state index contributed by atoms with van der Waals surface area (Å²) in [5.41, 5.74) is 6.02. The van der Waals surface area contributed by atoms with Crippen LogP contribution in [0.5, 0.6) is 5.75 Å². The van der Waals surface area contributed by atoms with E-state index in [-0.39, 0.29) is 18.8 Å². The number of hydrogen-bond acceptors (Lipinski definition) is 6. The van der Waals surface area contributed by atoms with Crippen LogP contribution in [0.3, 0.4) is 0 Å². The number of amidine groups is 1. The fourth-order valence-electron chi connectivity index (χ4n) is 2.65. The maximum atomic E-state index is 12.2. The van der Waals surface area contributed by atoms with Crippen LogP contribution in [0, 0.1) is 5.41 Å². The van der Waals surface area contributed by atoms with Crippen molar-refractivity contribution < 1.29 is 23.9 Å². The Morgan fingerprint density at radius 2 is 1.70 bits per heavy atom. The molecule has 1 aliphatic heterocycles. The lowest BCUT2D eigenvalue weighted by molar-refractivity contribution is -0.156. The Hall–Kier alpha value is -3.10. The molecule has 9 nitrogen and oxygen atoms in total. The summed E-state index contributed by atoms with van der Waals surface area (Å²) in [5, 5.41) is 7.34. The summed E-state index contributed by atoms with van der Waals surface area (Å²) in [6.07, 6.45) is 0.654. The summed E-state index contributed by atoms with van der Waals surface area (Å²) in [7, 11) is 1.28. The molecule has 1 fully saturated rings. The van der Waals surface area contributed by atoms with E-state index in [4.69, 9.17) is 15.9 Å². The molecule has 3 N–H and O–H groups in total. The van der Waals surface area contributed by atoms with Gasteiger partial charge < -0.3 is 25.0 Å². The number of piperazine rings is 1. The number of methoxy groups -OCH3 is 1. The second-order valence-electron chi connectivity index (χ2n) is 6.05. The van der Waals surface area contributed by atoms with Gasteiger partial charge in [0, 0.05) is 31.7 Å². The highest BCUT2D eigenvalue weighted by Gasteiger charge is 2.32. The van der Waals surface area contributed by atoms with Crippen LogP contribution < -0.4 is 10.5 Å². The van der Waals surface area contributed by atoms with E-state index in [1.165, 1.54) is 16.9 Å². The summed E-state index contributed by atoms with van der Waals surface area (Å²) < 4.78 is 10.1. The zero-order valence-electron chi connectivity index (χ0n) is 15.3. The molecule has 2 rings (SSSR count). The van der Waals surface area contributed by atoms with Crippen molar-refractivity contribution in [2.45, 2.75) is 12.8 Å². The van der Waals surface area contributed by atoms with Crippen LogP contribution in [0.15, 0.2) is 24.3 Å². The lowest BCUT2D eigenvalue weighted by Crippen LogP contribution is -2.54. The Balaban J connectivity index is 1.72. The van der Waals surface area contributed by atoms with Gasteiger partial charge in [0.2, 0.25) is 0 Å². The molecule has 0 aliphatic carbocycles. The first-order chi connectivity index (χ1) is 12.9. The smallest absolute Gasteiger partial charge is 0.312 e. The monoisotopic (exact) mass is 376 g/mol. The van der Waals surface area contributed by atoms with Gasteiger partial charge in [-0.05, 0) is 30.7 Å². The standard InChI is InChI=1S/C18H24N4O5/c1-26-15(23)7-9-22-11-10-21(17(24)18(22)25)8-2-12-27-14-5-3-13(4-6-14)16(19)20/h3-6H,2,7-12H2,1H3,(H3,19,20). The second-order valence-corrected chi connectivity index (χ2v) is 6.05. The zero-order valence-corrected chi connectivity index (χ0v) is 15.3. The predicted molar refractivity (Wildman–Crippen MR) is 97.4 cm³/mol. The molecule has 0 radical (unpaired) electrons. The van der Waals surface area contributed by atoms with Gasteiger partial charge >= 0.3 is 17.8 Å². The first-order valence-electron chi connectivity index (χ1n) is 8.64. The number of carbonyl (C=O) groups excluding carboxylic acids is 3. The molecule has 0 atom stereocenters. The summed E-state index contributed by atoms with van der Waals surface area (Å²) in [4.78, 5) is 38.3. The van der Waals surface area contributed by atoms with Gasteiger partial charge in [0.05, 0.1) is 20.1 Å². The number of benzene rings is 1. The molecular formula is C18H24N4O5. The minimum absolute atomic E-state index is 0.00421. The van der Waals surface area contributed by atoms with Crippen molar-refractivity contribution in [1.82, 2.24) is 9.80 Å². The number of nitrogens with two attached hydrogens (primary N) is 1. The molecule has 0 aromatic heterocycles. The number of amides is 2. The molecule has 0 saturated carbocycles. The molecular weight excluding hydrogens is 352 g/mol. The van der Waals surface area contributed by atoms with Crippen molar-refractivity contribution in [2.24, 2.45) is 5.73 Å². The van der Waals surface area contributed by atoms with Gasteiger partial charge in [-0.15, -0.1) is 0 Å². The Labute approximate surface area is 157 Å². The molecule has 2 amide bonds. The second kappa shape index (κ2) is 9.56. The van der Waals surface area contributed by atoms with E-state index in [0.29, 0.717) is 44.0 Å². The molecule has 0 spiro atoms. The third-order valence-electron chi connectivity index (χ3n) is 4.22. The normalized spacial score (nSPS) is 14.3. The molecule has 1 heterocycles. The Kier molecular flexibility index (Phi) is 7.16. The van der Waals surface area contributed by atoms with Crippen LogP contribution in [-0.4, -0.2) is 73.3 Å². The number of rotatable bonds is 9. The highest BCUT2D eigenvalue weighted by atomic mass is 16.5. The third kappa shape index (κ3) is 5.70. The average molecular weight is 376 g/mol. The van der Waals surface area contributed by atoms with Crippen LogP contribution in [0.1, 0.15) is 18.4 Å². The number of carbonyl (C=O) groups is 3. The summed E-state index contributed by atoms with van der Waals surface area (Å²) in [6.45, 7) is 1.82. The molecule has 1 aliphatic rings. The van der Waals surface area contributed by atoms with Gasteiger partial charge in [-0.1, -0.05) is 0 Å². The molecule has 0 bridgehead atoms. The minimum atomic E-state index is -0.592. The summed E-state index contributed by atoms with van der Waals surface area (Å²) >= 11 is 0. The summed E-state index contributed by atoms with van der Waals surface area (Å²) in [6, 6.07) is 6.86. The first kappa shape index (κ1) is 20.2. The first-order valence-corrected chi connectivity index (χ1v) is 8.64. The topological polar surface area (TPSA) is 126 Å². The maximum absolute atomic E-state index is 12.2. The molecule has 9 heteroatoms. The SMILES string of the molecule is COC(=O)CCN1CCN(CCCOc2ccc(C(=N)N)cc2)C(=O)C1=O. The minimum Gasteiger partial charge on any atom is -0.494 e. The fraction of sp³-hybridized carbons (Fsp3) is 0.444. The van der Waals surface area contributed by atoms with Crippen molar-refractivity contribution in [3.63, 3.8) is 0 Å². The largest absolute Gasteiger partial charge is 0.494 e. The molecule has 27 heavy (non-hydrogen) atoms. The van der Waals surface area contributed by atoms with Crippen LogP contribution in [-0.2, 0) is 19.1 Å². The third-order valence-corrected chi connectivity index (χ3v) is 4.22. The van der Waals surface area contributed by atoms with Gasteiger partial charge in [0.15, 0.2) is 0 Å². The molecule has 1 aromatic rings. The molecule has 1 aromatic carbocycles. The van der Waals surface area contributed by atoms with Gasteiger partial charge in [-0.2, -0.15) is 0 Å². The van der Waals surface area contributed by atoms with Gasteiger partial charge in [0.25, 0.3) is 0 Å². The van der Waals surface area contributed by atoms with Crippen molar-refractivity contribution in [2.75, 3.05) is 39.9 Å². The number of nitrogen functional groups attached to an aromatic ring is 1. The van der Waals surface area contributed by atoms with Gasteiger partial charge in [0.1, 0.15) is 11.6 Å². The van der Waals surface area contributed by atoms with E-state index >= 15 is 0 Å². The number of nitrogens with one attached hydrogen (secondary N) is 1. The quantitative estimate of drug-likeness (QED) is 0.205.